The predicted octanol–water partition coefficient (Wildman–Crippen LogP) is 5.81. The highest BCUT2D eigenvalue weighted by molar-refractivity contribution is 5.75. The lowest BCUT2D eigenvalue weighted by molar-refractivity contribution is -0.292. The van der Waals surface area contributed by atoms with Gasteiger partial charge in [-0.2, -0.15) is 22.0 Å². The normalized spacial score (nSPS) is 15.8. The third kappa shape index (κ3) is 5.20. The summed E-state index contributed by atoms with van der Waals surface area (Å²) in [6, 6.07) is 11.9. The van der Waals surface area contributed by atoms with Gasteiger partial charge in [0.25, 0.3) is 0 Å². The number of nitrogen functional groups attached to an aromatic ring is 1. The summed E-state index contributed by atoms with van der Waals surface area (Å²) in [5.41, 5.74) is 8.57. The van der Waals surface area contributed by atoms with E-state index in [2.05, 4.69) is 19.9 Å². The van der Waals surface area contributed by atoms with E-state index < -0.39 is 17.9 Å². The zero-order valence-electron chi connectivity index (χ0n) is 20.7. The third-order valence-electron chi connectivity index (χ3n) is 6.95. The van der Waals surface area contributed by atoms with E-state index in [1.54, 1.807) is 37.4 Å². The van der Waals surface area contributed by atoms with Gasteiger partial charge in [-0.3, -0.25) is 9.47 Å². The first-order valence-corrected chi connectivity index (χ1v) is 12.3. The van der Waals surface area contributed by atoms with Crippen LogP contribution in [-0.2, 0) is 18.9 Å². The molecule has 0 bridgehead atoms. The van der Waals surface area contributed by atoms with Crippen LogP contribution in [0.5, 0.6) is 0 Å². The Kier molecular flexibility index (Phi) is 6.81. The largest absolute Gasteiger partial charge is 0.461 e. The molecule has 0 unspecified atom stereocenters. The quantitative estimate of drug-likeness (QED) is 0.319. The lowest BCUT2D eigenvalue weighted by Gasteiger charge is -2.32. The van der Waals surface area contributed by atoms with E-state index in [4.69, 9.17) is 5.73 Å². The van der Waals surface area contributed by atoms with Crippen LogP contribution >= 0.6 is 0 Å². The number of pyridine rings is 2. The Labute approximate surface area is 216 Å². The van der Waals surface area contributed by atoms with Crippen molar-refractivity contribution >= 4 is 17.0 Å². The summed E-state index contributed by atoms with van der Waals surface area (Å²) in [6.45, 7) is 4.35. The number of halogens is 5. The summed E-state index contributed by atoms with van der Waals surface area (Å²) >= 11 is 0. The van der Waals surface area contributed by atoms with Crippen molar-refractivity contribution in [1.29, 1.82) is 0 Å². The van der Waals surface area contributed by atoms with Crippen LogP contribution in [0.1, 0.15) is 35.4 Å². The maximum absolute atomic E-state index is 14.5. The fraction of sp³-hybridized carbons (Fsp3) is 0.370. The molecule has 6 nitrogen and oxygen atoms in total. The first kappa shape index (κ1) is 26.0. The molecule has 11 heteroatoms. The van der Waals surface area contributed by atoms with Gasteiger partial charge >= 0.3 is 12.1 Å². The minimum absolute atomic E-state index is 0.0192. The highest BCUT2D eigenvalue weighted by Crippen LogP contribution is 2.45. The van der Waals surface area contributed by atoms with Gasteiger partial charge in [0.2, 0.25) is 0 Å². The molecule has 4 heterocycles. The number of anilines is 1. The minimum Gasteiger partial charge on any atom is -0.384 e. The number of piperidine rings is 1. The Hall–Kier alpha value is -3.60. The zero-order chi connectivity index (χ0) is 27.1. The number of aromatic nitrogens is 4. The number of likely N-dealkylation sites (tertiary alicyclic amines) is 1. The maximum Gasteiger partial charge on any atom is 0.461 e. The van der Waals surface area contributed by atoms with E-state index in [1.165, 1.54) is 12.3 Å². The molecule has 0 atom stereocenters. The molecule has 1 fully saturated rings. The second kappa shape index (κ2) is 9.94. The van der Waals surface area contributed by atoms with Gasteiger partial charge in [0.15, 0.2) is 11.5 Å². The maximum atomic E-state index is 14.5. The van der Waals surface area contributed by atoms with Crippen LogP contribution in [0, 0.1) is 12.8 Å². The van der Waals surface area contributed by atoms with Crippen molar-refractivity contribution < 1.29 is 22.0 Å². The SMILES string of the molecule is Cc1cnc2c(c1)nc(C(F)(F)C(F)(F)F)n2-c1ccc(CC2CCN(Cc3ccnc(N)c3)CC2)cc1. The monoisotopic (exact) mass is 530 g/mol. The number of hydrogen-bond donors (Lipinski definition) is 1. The Morgan fingerprint density at radius 1 is 0.947 bits per heavy atom. The standard InChI is InChI=1S/C27H27F5N6/c1-17-12-22-24(35-15-17)38(25(36-22)26(28,29)27(30,31)32)21-4-2-18(3-5-21)13-19-7-10-37(11-8-19)16-20-6-9-34-23(33)14-20/h2-6,9,12,14-15,19H,7-8,10-11,13,16H2,1H3,(H2,33,34). The molecule has 3 aromatic heterocycles. The second-order valence-corrected chi connectivity index (χ2v) is 9.88. The van der Waals surface area contributed by atoms with Crippen molar-refractivity contribution in [2.24, 2.45) is 5.92 Å². The van der Waals surface area contributed by atoms with E-state index in [-0.39, 0.29) is 16.9 Å². The van der Waals surface area contributed by atoms with Crippen molar-refractivity contribution in [3.63, 3.8) is 0 Å². The van der Waals surface area contributed by atoms with Gasteiger partial charge in [-0.25, -0.2) is 15.0 Å². The number of alkyl halides is 5. The van der Waals surface area contributed by atoms with Crippen molar-refractivity contribution in [3.8, 4) is 5.69 Å². The number of hydrogen-bond acceptors (Lipinski definition) is 5. The van der Waals surface area contributed by atoms with Crippen molar-refractivity contribution in [2.45, 2.75) is 44.8 Å². The molecule has 0 spiro atoms. The fourth-order valence-electron chi connectivity index (χ4n) is 4.96. The molecule has 1 aliphatic rings. The summed E-state index contributed by atoms with van der Waals surface area (Å²) < 4.78 is 69.6. The fourth-order valence-corrected chi connectivity index (χ4v) is 4.96. The Bertz CT molecular complexity index is 1420. The van der Waals surface area contributed by atoms with Crippen molar-refractivity contribution in [1.82, 2.24) is 24.4 Å². The van der Waals surface area contributed by atoms with Crippen LogP contribution in [0.3, 0.4) is 0 Å². The molecule has 4 aromatic rings. The lowest BCUT2D eigenvalue weighted by Crippen LogP contribution is -2.36. The molecule has 2 N–H and O–H groups in total. The number of imidazole rings is 1. The molecule has 5 rings (SSSR count). The highest BCUT2D eigenvalue weighted by atomic mass is 19.4. The second-order valence-electron chi connectivity index (χ2n) is 9.88. The number of rotatable bonds is 6. The topological polar surface area (TPSA) is 72.9 Å². The predicted molar refractivity (Wildman–Crippen MR) is 134 cm³/mol. The molecule has 0 amide bonds. The highest BCUT2D eigenvalue weighted by Gasteiger charge is 2.62. The summed E-state index contributed by atoms with van der Waals surface area (Å²) in [4.78, 5) is 14.2. The number of fused-ring (bicyclic) bond motifs is 1. The van der Waals surface area contributed by atoms with Crippen molar-refractivity contribution in [3.05, 3.63) is 77.4 Å². The van der Waals surface area contributed by atoms with Gasteiger partial charge in [0.1, 0.15) is 11.3 Å². The number of benzene rings is 1. The van der Waals surface area contributed by atoms with Gasteiger partial charge in [0.05, 0.1) is 0 Å². The average molecular weight is 531 g/mol. The van der Waals surface area contributed by atoms with E-state index in [9.17, 15) is 22.0 Å². The number of aryl methyl sites for hydroxylation is 1. The molecule has 0 aliphatic carbocycles. The van der Waals surface area contributed by atoms with E-state index in [0.717, 1.165) is 54.6 Å². The van der Waals surface area contributed by atoms with E-state index in [1.807, 2.05) is 12.1 Å². The smallest absolute Gasteiger partial charge is 0.384 e. The summed E-state index contributed by atoms with van der Waals surface area (Å²) in [6.07, 6.45) is 0.127. The van der Waals surface area contributed by atoms with E-state index in [0.29, 0.717) is 17.3 Å². The number of nitrogens with two attached hydrogens (primary N) is 1. The first-order valence-electron chi connectivity index (χ1n) is 12.3. The Morgan fingerprint density at radius 3 is 2.32 bits per heavy atom. The molecule has 0 radical (unpaired) electrons. The zero-order valence-corrected chi connectivity index (χ0v) is 20.7. The third-order valence-corrected chi connectivity index (χ3v) is 6.95. The molecule has 1 saturated heterocycles. The van der Waals surface area contributed by atoms with Gasteiger partial charge in [-0.05, 0) is 92.2 Å². The molecular weight excluding hydrogens is 503 g/mol. The van der Waals surface area contributed by atoms with Crippen LogP contribution in [0.4, 0.5) is 27.8 Å². The van der Waals surface area contributed by atoms with Crippen molar-refractivity contribution in [2.75, 3.05) is 18.8 Å². The van der Waals surface area contributed by atoms with Gasteiger partial charge in [0, 0.05) is 24.6 Å². The average Bonchev–Trinajstić information content (AvgIpc) is 3.24. The molecule has 1 aliphatic heterocycles. The van der Waals surface area contributed by atoms with Gasteiger partial charge in [-0.1, -0.05) is 12.1 Å². The van der Waals surface area contributed by atoms with Crippen LogP contribution in [-0.4, -0.2) is 43.7 Å². The van der Waals surface area contributed by atoms with Crippen LogP contribution in [0.15, 0.2) is 54.9 Å². The molecule has 200 valence electrons. The number of nitrogens with zero attached hydrogens (tertiary/aromatic N) is 5. The van der Waals surface area contributed by atoms with Crippen LogP contribution in [0.25, 0.3) is 16.9 Å². The minimum atomic E-state index is -5.79. The Morgan fingerprint density at radius 2 is 1.66 bits per heavy atom. The Balaban J connectivity index is 1.32. The summed E-state index contributed by atoms with van der Waals surface area (Å²) in [5.74, 6) is -5.58. The molecule has 0 saturated carbocycles. The summed E-state index contributed by atoms with van der Waals surface area (Å²) in [7, 11) is 0. The van der Waals surface area contributed by atoms with Crippen LogP contribution < -0.4 is 5.73 Å². The van der Waals surface area contributed by atoms with Gasteiger partial charge < -0.3 is 5.73 Å². The van der Waals surface area contributed by atoms with Crippen LogP contribution in [0.2, 0.25) is 0 Å². The molecular formula is C27H27F5N6. The molecule has 1 aromatic carbocycles. The summed E-state index contributed by atoms with van der Waals surface area (Å²) in [5, 5.41) is 0. The molecule has 38 heavy (non-hydrogen) atoms. The van der Waals surface area contributed by atoms with Gasteiger partial charge in [-0.15, -0.1) is 0 Å². The lowest BCUT2D eigenvalue weighted by atomic mass is 9.90. The van der Waals surface area contributed by atoms with E-state index >= 15 is 0 Å². The first-order chi connectivity index (χ1) is 18.0.